The van der Waals surface area contributed by atoms with Crippen LogP contribution >= 0.6 is 0 Å². The van der Waals surface area contributed by atoms with Gasteiger partial charge in [-0.3, -0.25) is 4.79 Å². The Morgan fingerprint density at radius 1 is 1.36 bits per heavy atom. The predicted molar refractivity (Wildman–Crippen MR) is 44.9 cm³/mol. The molecular formula is C9H9NO. The normalized spacial score (nSPS) is 10.3. The molecule has 0 aliphatic heterocycles. The summed E-state index contributed by atoms with van der Waals surface area (Å²) >= 11 is 0. The molecule has 1 aromatic rings. The molecular weight excluding hydrogens is 138 g/mol. The lowest BCUT2D eigenvalue weighted by molar-refractivity contribution is 0.100. The molecule has 56 valence electrons. The summed E-state index contributed by atoms with van der Waals surface area (Å²) in [5.74, 6) is -0.187. The molecule has 1 aromatic carbocycles. The van der Waals surface area contributed by atoms with E-state index < -0.39 is 0 Å². The maximum Gasteiger partial charge on any atom is 0.276 e. The monoisotopic (exact) mass is 147 g/mol. The summed E-state index contributed by atoms with van der Waals surface area (Å²) in [6.07, 6.45) is 1.50. The first-order valence-electron chi connectivity index (χ1n) is 3.42. The SMILES string of the molecule is CC=NC(=O)c1ccccc1. The molecule has 2 heteroatoms. The number of hydrogen-bond donors (Lipinski definition) is 0. The van der Waals surface area contributed by atoms with Crippen molar-refractivity contribution in [2.75, 3.05) is 0 Å². The van der Waals surface area contributed by atoms with Crippen molar-refractivity contribution in [1.82, 2.24) is 0 Å². The van der Waals surface area contributed by atoms with Crippen molar-refractivity contribution in [2.45, 2.75) is 6.92 Å². The van der Waals surface area contributed by atoms with Gasteiger partial charge in [-0.05, 0) is 19.1 Å². The molecule has 2 nitrogen and oxygen atoms in total. The van der Waals surface area contributed by atoms with E-state index in [-0.39, 0.29) is 5.91 Å². The van der Waals surface area contributed by atoms with E-state index in [2.05, 4.69) is 4.99 Å². The van der Waals surface area contributed by atoms with E-state index >= 15 is 0 Å². The Morgan fingerprint density at radius 3 is 2.55 bits per heavy atom. The van der Waals surface area contributed by atoms with Gasteiger partial charge in [-0.2, -0.15) is 0 Å². The third kappa shape index (κ3) is 2.00. The summed E-state index contributed by atoms with van der Waals surface area (Å²) < 4.78 is 0. The first-order valence-corrected chi connectivity index (χ1v) is 3.42. The molecule has 0 saturated carbocycles. The van der Waals surface area contributed by atoms with Crippen LogP contribution in [0.5, 0.6) is 0 Å². The zero-order chi connectivity index (χ0) is 8.10. The number of benzene rings is 1. The fourth-order valence-electron chi connectivity index (χ4n) is 0.773. The van der Waals surface area contributed by atoms with Crippen molar-refractivity contribution in [3.63, 3.8) is 0 Å². The van der Waals surface area contributed by atoms with Crippen molar-refractivity contribution in [2.24, 2.45) is 4.99 Å². The van der Waals surface area contributed by atoms with Crippen LogP contribution in [0.2, 0.25) is 0 Å². The molecule has 11 heavy (non-hydrogen) atoms. The largest absolute Gasteiger partial charge is 0.276 e. The lowest BCUT2D eigenvalue weighted by atomic mass is 10.2. The highest BCUT2D eigenvalue weighted by Crippen LogP contribution is 1.99. The molecule has 0 aliphatic carbocycles. The minimum atomic E-state index is -0.187. The highest BCUT2D eigenvalue weighted by molar-refractivity contribution is 5.98. The third-order valence-electron chi connectivity index (χ3n) is 1.27. The van der Waals surface area contributed by atoms with Gasteiger partial charge in [0.1, 0.15) is 0 Å². The molecule has 0 aliphatic rings. The quantitative estimate of drug-likeness (QED) is 0.558. The van der Waals surface area contributed by atoms with Crippen LogP contribution in [0.1, 0.15) is 17.3 Å². The molecule has 0 spiro atoms. The Morgan fingerprint density at radius 2 is 2.00 bits per heavy atom. The maximum absolute atomic E-state index is 11.0. The zero-order valence-corrected chi connectivity index (χ0v) is 6.32. The topological polar surface area (TPSA) is 29.4 Å². The van der Waals surface area contributed by atoms with E-state index in [9.17, 15) is 4.79 Å². The van der Waals surface area contributed by atoms with Crippen molar-refractivity contribution in [1.29, 1.82) is 0 Å². The lowest BCUT2D eigenvalue weighted by Gasteiger charge is -1.91. The van der Waals surface area contributed by atoms with Crippen molar-refractivity contribution in [3.05, 3.63) is 35.9 Å². The van der Waals surface area contributed by atoms with E-state index in [0.717, 1.165) is 0 Å². The molecule has 1 rings (SSSR count). The number of carbonyl (C=O) groups excluding carboxylic acids is 1. The molecule has 0 fully saturated rings. The van der Waals surface area contributed by atoms with Gasteiger partial charge in [0.05, 0.1) is 0 Å². The Kier molecular flexibility index (Phi) is 2.55. The first-order chi connectivity index (χ1) is 5.34. The van der Waals surface area contributed by atoms with Crippen LogP contribution in [0.15, 0.2) is 35.3 Å². The van der Waals surface area contributed by atoms with Crippen molar-refractivity contribution < 1.29 is 4.79 Å². The number of amides is 1. The van der Waals surface area contributed by atoms with Crippen LogP contribution in [-0.4, -0.2) is 12.1 Å². The Bertz CT molecular complexity index is 264. The molecule has 0 unspecified atom stereocenters. The van der Waals surface area contributed by atoms with Gasteiger partial charge in [-0.15, -0.1) is 0 Å². The zero-order valence-electron chi connectivity index (χ0n) is 6.32. The van der Waals surface area contributed by atoms with Crippen molar-refractivity contribution in [3.8, 4) is 0 Å². The Balaban J connectivity index is 2.86. The third-order valence-corrected chi connectivity index (χ3v) is 1.27. The minimum Gasteiger partial charge on any atom is -0.267 e. The Hall–Kier alpha value is -1.44. The average Bonchev–Trinajstić information content (AvgIpc) is 2.07. The van der Waals surface area contributed by atoms with Gasteiger partial charge in [0.15, 0.2) is 0 Å². The fourth-order valence-corrected chi connectivity index (χ4v) is 0.773. The summed E-state index contributed by atoms with van der Waals surface area (Å²) in [4.78, 5) is 14.7. The van der Waals surface area contributed by atoms with Crippen LogP contribution in [-0.2, 0) is 0 Å². The number of hydrogen-bond acceptors (Lipinski definition) is 1. The van der Waals surface area contributed by atoms with Gasteiger partial charge in [0.2, 0.25) is 0 Å². The molecule has 0 atom stereocenters. The highest BCUT2D eigenvalue weighted by atomic mass is 16.1. The number of aliphatic imine (C=N–C) groups is 1. The summed E-state index contributed by atoms with van der Waals surface area (Å²) in [6.45, 7) is 1.72. The molecule has 0 saturated heterocycles. The maximum atomic E-state index is 11.0. The van der Waals surface area contributed by atoms with Crippen molar-refractivity contribution >= 4 is 12.1 Å². The highest BCUT2D eigenvalue weighted by Gasteiger charge is 1.98. The van der Waals surface area contributed by atoms with Gasteiger partial charge in [-0.25, -0.2) is 4.99 Å². The summed E-state index contributed by atoms with van der Waals surface area (Å²) in [5.41, 5.74) is 0.630. The van der Waals surface area contributed by atoms with Gasteiger partial charge < -0.3 is 0 Å². The number of nitrogens with zero attached hydrogens (tertiary/aromatic N) is 1. The second-order valence-corrected chi connectivity index (χ2v) is 2.06. The van der Waals surface area contributed by atoms with E-state index in [4.69, 9.17) is 0 Å². The summed E-state index contributed by atoms with van der Waals surface area (Å²) in [6, 6.07) is 8.99. The molecule has 0 aromatic heterocycles. The van der Waals surface area contributed by atoms with Crippen LogP contribution in [0.25, 0.3) is 0 Å². The Labute approximate surface area is 65.6 Å². The smallest absolute Gasteiger partial charge is 0.267 e. The number of rotatable bonds is 1. The molecule has 0 radical (unpaired) electrons. The predicted octanol–water partition coefficient (Wildman–Crippen LogP) is 1.92. The van der Waals surface area contributed by atoms with Gasteiger partial charge in [0.25, 0.3) is 5.91 Å². The summed E-state index contributed by atoms with van der Waals surface area (Å²) in [7, 11) is 0. The van der Waals surface area contributed by atoms with E-state index in [1.165, 1.54) is 6.21 Å². The first kappa shape index (κ1) is 7.66. The van der Waals surface area contributed by atoms with Gasteiger partial charge >= 0.3 is 0 Å². The fraction of sp³-hybridized carbons (Fsp3) is 0.111. The van der Waals surface area contributed by atoms with Crippen LogP contribution in [0.4, 0.5) is 0 Å². The molecule has 0 heterocycles. The van der Waals surface area contributed by atoms with Crippen LogP contribution < -0.4 is 0 Å². The molecule has 0 bridgehead atoms. The van der Waals surface area contributed by atoms with E-state index in [1.54, 1.807) is 19.1 Å². The molecule has 1 amide bonds. The van der Waals surface area contributed by atoms with E-state index in [1.807, 2.05) is 18.2 Å². The molecule has 0 N–H and O–H groups in total. The standard InChI is InChI=1S/C9H9NO/c1-2-10-9(11)8-6-4-3-5-7-8/h2-7H,1H3. The van der Waals surface area contributed by atoms with Gasteiger partial charge in [-0.1, -0.05) is 18.2 Å². The average molecular weight is 147 g/mol. The second kappa shape index (κ2) is 3.66. The van der Waals surface area contributed by atoms with E-state index in [0.29, 0.717) is 5.56 Å². The second-order valence-electron chi connectivity index (χ2n) is 2.06. The van der Waals surface area contributed by atoms with Crippen LogP contribution in [0, 0.1) is 0 Å². The minimum absolute atomic E-state index is 0.187. The summed E-state index contributed by atoms with van der Waals surface area (Å²) in [5, 5.41) is 0. The number of carbonyl (C=O) groups is 1. The lowest BCUT2D eigenvalue weighted by Crippen LogP contribution is -1.92. The van der Waals surface area contributed by atoms with Crippen LogP contribution in [0.3, 0.4) is 0 Å². The van der Waals surface area contributed by atoms with Gasteiger partial charge in [0, 0.05) is 11.8 Å².